The molecule has 0 aromatic heterocycles. The summed E-state index contributed by atoms with van der Waals surface area (Å²) in [6.45, 7) is 5.80. The van der Waals surface area contributed by atoms with E-state index < -0.39 is 11.6 Å². The third-order valence-corrected chi connectivity index (χ3v) is 3.48. The molecule has 3 N–H and O–H groups in total. The van der Waals surface area contributed by atoms with Crippen molar-refractivity contribution < 1.29 is 14.6 Å². The van der Waals surface area contributed by atoms with E-state index in [0.717, 1.165) is 0 Å². The molecule has 90 valence electrons. The molecule has 4 nitrogen and oxygen atoms in total. The van der Waals surface area contributed by atoms with Gasteiger partial charge in [-0.3, -0.25) is 4.79 Å². The lowest BCUT2D eigenvalue weighted by Gasteiger charge is -2.21. The molecule has 0 amide bonds. The number of ether oxygens (including phenoxy) is 1. The molecule has 15 heavy (non-hydrogen) atoms. The zero-order chi connectivity index (χ0) is 11.9. The lowest BCUT2D eigenvalue weighted by Crippen LogP contribution is -2.36. The molecule has 0 radical (unpaired) electrons. The summed E-state index contributed by atoms with van der Waals surface area (Å²) in [7, 11) is 0. The number of aliphatic hydroxyl groups is 1. The number of nitrogens with two attached hydrogens (primary N) is 1. The highest BCUT2D eigenvalue weighted by Gasteiger charge is 2.20. The van der Waals surface area contributed by atoms with Crippen molar-refractivity contribution in [3.63, 3.8) is 0 Å². The van der Waals surface area contributed by atoms with Gasteiger partial charge in [0, 0.05) is 11.5 Å². The number of rotatable bonds is 7. The van der Waals surface area contributed by atoms with Crippen molar-refractivity contribution in [1.82, 2.24) is 0 Å². The van der Waals surface area contributed by atoms with Crippen molar-refractivity contribution in [2.75, 3.05) is 18.1 Å². The highest BCUT2D eigenvalue weighted by molar-refractivity contribution is 7.99. The molecule has 0 aliphatic rings. The van der Waals surface area contributed by atoms with Crippen molar-refractivity contribution in [3.8, 4) is 0 Å². The van der Waals surface area contributed by atoms with Crippen molar-refractivity contribution in [1.29, 1.82) is 0 Å². The molecule has 0 aromatic rings. The van der Waals surface area contributed by atoms with E-state index in [1.54, 1.807) is 13.8 Å². The van der Waals surface area contributed by atoms with Gasteiger partial charge in [0.1, 0.15) is 6.04 Å². The van der Waals surface area contributed by atoms with Crippen LogP contribution in [0.4, 0.5) is 0 Å². The molecule has 2 unspecified atom stereocenters. The average molecular weight is 235 g/mol. The summed E-state index contributed by atoms with van der Waals surface area (Å²) in [6.07, 6.45) is 0.689. The molecule has 0 bridgehead atoms. The second-order valence-corrected chi connectivity index (χ2v) is 4.75. The maximum absolute atomic E-state index is 11.1. The fraction of sp³-hybridized carbons (Fsp3) is 0.900. The van der Waals surface area contributed by atoms with Crippen LogP contribution in [0.2, 0.25) is 0 Å². The summed E-state index contributed by atoms with van der Waals surface area (Å²) >= 11 is 1.47. The Morgan fingerprint density at radius 3 is 2.67 bits per heavy atom. The van der Waals surface area contributed by atoms with Crippen LogP contribution in [0.25, 0.3) is 0 Å². The lowest BCUT2D eigenvalue weighted by atomic mass is 10.1. The van der Waals surface area contributed by atoms with Crippen LogP contribution in [0, 0.1) is 0 Å². The van der Waals surface area contributed by atoms with Gasteiger partial charge < -0.3 is 15.6 Å². The third-order valence-electron chi connectivity index (χ3n) is 2.06. The highest BCUT2D eigenvalue weighted by Crippen LogP contribution is 2.16. The normalized spacial score (nSPS) is 16.9. The van der Waals surface area contributed by atoms with Gasteiger partial charge in [-0.15, -0.1) is 0 Å². The van der Waals surface area contributed by atoms with Gasteiger partial charge >= 0.3 is 5.97 Å². The largest absolute Gasteiger partial charge is 0.465 e. The van der Waals surface area contributed by atoms with E-state index >= 15 is 0 Å². The summed E-state index contributed by atoms with van der Waals surface area (Å²) in [5, 5.41) is 9.70. The number of carbonyl (C=O) groups excluding carboxylic acids is 1. The van der Waals surface area contributed by atoms with Gasteiger partial charge in [0.05, 0.1) is 12.2 Å². The number of hydrogen-bond donors (Lipinski definition) is 2. The van der Waals surface area contributed by atoms with Gasteiger partial charge in [0.15, 0.2) is 0 Å². The summed E-state index contributed by atoms with van der Waals surface area (Å²) in [4.78, 5) is 11.1. The average Bonchev–Trinajstić information content (AvgIpc) is 2.18. The Balaban J connectivity index is 3.72. The molecular weight excluding hydrogens is 214 g/mol. The van der Waals surface area contributed by atoms with Crippen LogP contribution in [0.3, 0.4) is 0 Å². The molecule has 0 rings (SSSR count). The molecule has 0 aliphatic carbocycles. The first kappa shape index (κ1) is 14.7. The number of carbonyl (C=O) groups is 1. The van der Waals surface area contributed by atoms with E-state index in [2.05, 4.69) is 0 Å². The van der Waals surface area contributed by atoms with Gasteiger partial charge in [-0.2, -0.15) is 11.8 Å². The summed E-state index contributed by atoms with van der Waals surface area (Å²) in [5.41, 5.74) is 4.92. The molecule has 0 aromatic carbocycles. The van der Waals surface area contributed by atoms with Crippen LogP contribution in [-0.2, 0) is 9.53 Å². The number of thioether (sulfide) groups is 1. The highest BCUT2D eigenvalue weighted by atomic mass is 32.2. The molecular formula is C10H21NO3S. The summed E-state index contributed by atoms with van der Waals surface area (Å²) in [5.74, 6) is 0.687. The van der Waals surface area contributed by atoms with Crippen molar-refractivity contribution in [3.05, 3.63) is 0 Å². The van der Waals surface area contributed by atoms with E-state index in [-0.39, 0.29) is 5.97 Å². The van der Waals surface area contributed by atoms with Gasteiger partial charge in [-0.25, -0.2) is 0 Å². The minimum absolute atomic E-state index is 0.351. The zero-order valence-electron chi connectivity index (χ0n) is 9.66. The molecule has 2 atom stereocenters. The monoisotopic (exact) mass is 235 g/mol. The topological polar surface area (TPSA) is 72.5 Å². The standard InChI is InChI=1S/C10H21NO3S/c1-4-10(3,13)7-15-6-8(11)9(12)14-5-2/h8,13H,4-7,11H2,1-3H3. The lowest BCUT2D eigenvalue weighted by molar-refractivity contribution is -0.144. The van der Waals surface area contributed by atoms with E-state index in [4.69, 9.17) is 10.5 Å². The predicted octanol–water partition coefficient (Wildman–Crippen LogP) is 0.771. The smallest absolute Gasteiger partial charge is 0.323 e. The first-order valence-electron chi connectivity index (χ1n) is 5.15. The Hall–Kier alpha value is -0.260. The molecule has 0 spiro atoms. The minimum Gasteiger partial charge on any atom is -0.465 e. The Labute approximate surface area is 95.6 Å². The maximum atomic E-state index is 11.1. The SMILES string of the molecule is CCOC(=O)C(N)CSCC(C)(O)CC. The van der Waals surface area contributed by atoms with Crippen LogP contribution < -0.4 is 5.73 Å². The fourth-order valence-corrected chi connectivity index (χ4v) is 1.98. The van der Waals surface area contributed by atoms with Gasteiger partial charge in [-0.1, -0.05) is 6.92 Å². The van der Waals surface area contributed by atoms with E-state index in [0.29, 0.717) is 24.5 Å². The van der Waals surface area contributed by atoms with E-state index in [9.17, 15) is 9.90 Å². The van der Waals surface area contributed by atoms with E-state index in [1.165, 1.54) is 11.8 Å². The predicted molar refractivity (Wildman–Crippen MR) is 62.8 cm³/mol. The third kappa shape index (κ3) is 6.76. The first-order chi connectivity index (χ1) is 6.93. The Morgan fingerprint density at radius 2 is 2.20 bits per heavy atom. The van der Waals surface area contributed by atoms with Crippen LogP contribution in [0.15, 0.2) is 0 Å². The molecule has 0 fully saturated rings. The van der Waals surface area contributed by atoms with Gasteiger partial charge in [0.2, 0.25) is 0 Å². The molecule has 5 heteroatoms. The molecule has 0 saturated carbocycles. The quantitative estimate of drug-likeness (QED) is 0.638. The second kappa shape index (κ2) is 7.09. The van der Waals surface area contributed by atoms with Crippen molar-refractivity contribution in [2.24, 2.45) is 5.73 Å². The van der Waals surface area contributed by atoms with Gasteiger partial charge in [0.25, 0.3) is 0 Å². The minimum atomic E-state index is -0.682. The van der Waals surface area contributed by atoms with Gasteiger partial charge in [-0.05, 0) is 20.3 Å². The fourth-order valence-electron chi connectivity index (χ4n) is 0.825. The first-order valence-corrected chi connectivity index (χ1v) is 6.30. The summed E-state index contributed by atoms with van der Waals surface area (Å²) in [6, 6.07) is -0.595. The van der Waals surface area contributed by atoms with Crippen molar-refractivity contribution >= 4 is 17.7 Å². The van der Waals surface area contributed by atoms with Crippen molar-refractivity contribution in [2.45, 2.75) is 38.8 Å². The Bertz CT molecular complexity index is 197. The Morgan fingerprint density at radius 1 is 1.60 bits per heavy atom. The molecule has 0 saturated heterocycles. The maximum Gasteiger partial charge on any atom is 0.323 e. The van der Waals surface area contributed by atoms with Crippen LogP contribution in [-0.4, -0.2) is 40.8 Å². The zero-order valence-corrected chi connectivity index (χ0v) is 10.5. The Kier molecular flexibility index (Phi) is 6.96. The number of hydrogen-bond acceptors (Lipinski definition) is 5. The van der Waals surface area contributed by atoms with Crippen LogP contribution in [0.5, 0.6) is 0 Å². The van der Waals surface area contributed by atoms with Crippen LogP contribution >= 0.6 is 11.8 Å². The van der Waals surface area contributed by atoms with E-state index in [1.807, 2.05) is 6.92 Å². The van der Waals surface area contributed by atoms with Crippen LogP contribution in [0.1, 0.15) is 27.2 Å². The second-order valence-electron chi connectivity index (χ2n) is 3.72. The molecule has 0 aliphatic heterocycles. The number of esters is 1. The summed E-state index contributed by atoms with van der Waals surface area (Å²) < 4.78 is 4.77. The molecule has 0 heterocycles.